The second kappa shape index (κ2) is 10.9. The van der Waals surface area contributed by atoms with Crippen LogP contribution >= 0.6 is 0 Å². The minimum Gasteiger partial charge on any atom is -0.375 e. The van der Waals surface area contributed by atoms with E-state index in [4.69, 9.17) is 14.2 Å². The number of amides is 3. The first kappa shape index (κ1) is 28.1. The van der Waals surface area contributed by atoms with Crippen LogP contribution in [0.1, 0.15) is 47.0 Å². The van der Waals surface area contributed by atoms with Crippen molar-refractivity contribution in [3.05, 3.63) is 35.5 Å². The summed E-state index contributed by atoms with van der Waals surface area (Å²) < 4.78 is 57.3. The van der Waals surface area contributed by atoms with Gasteiger partial charge in [-0.15, -0.1) is 0 Å². The van der Waals surface area contributed by atoms with Crippen molar-refractivity contribution in [3.8, 4) is 0 Å². The van der Waals surface area contributed by atoms with E-state index in [1.807, 2.05) is 27.7 Å². The van der Waals surface area contributed by atoms with Crippen molar-refractivity contribution < 1.29 is 41.8 Å². The molecule has 0 aromatic rings. The highest BCUT2D eigenvalue weighted by atomic mass is 19.4. The lowest BCUT2D eigenvalue weighted by atomic mass is 9.95. The Morgan fingerprint density at radius 2 is 1.67 bits per heavy atom. The average molecular weight is 515 g/mol. The second-order valence-corrected chi connectivity index (χ2v) is 9.86. The number of carbonyl (C=O) groups excluding carboxylic acids is 3. The van der Waals surface area contributed by atoms with Crippen molar-refractivity contribution in [1.29, 1.82) is 0 Å². The lowest BCUT2D eigenvalue weighted by Crippen LogP contribution is -2.38. The van der Waals surface area contributed by atoms with Crippen molar-refractivity contribution in [3.63, 3.8) is 0 Å². The van der Waals surface area contributed by atoms with Crippen LogP contribution in [0.5, 0.6) is 0 Å². The molecule has 3 amide bonds. The Bertz CT molecular complexity index is 953. The Hall–Kier alpha value is -2.50. The first-order valence-corrected chi connectivity index (χ1v) is 12.0. The Morgan fingerprint density at radius 3 is 2.28 bits per heavy atom. The summed E-state index contributed by atoms with van der Waals surface area (Å²) >= 11 is 0. The first-order chi connectivity index (χ1) is 16.8. The Morgan fingerprint density at radius 1 is 1.03 bits per heavy atom. The lowest BCUT2D eigenvalue weighted by Gasteiger charge is -2.32. The predicted octanol–water partition coefficient (Wildman–Crippen LogP) is 2.98. The van der Waals surface area contributed by atoms with Gasteiger partial charge in [-0.05, 0) is 40.0 Å². The fraction of sp³-hybridized carbons (Fsp3) is 0.640. The van der Waals surface area contributed by atoms with Crippen LogP contribution in [-0.4, -0.2) is 78.5 Å². The highest BCUT2D eigenvalue weighted by Crippen LogP contribution is 2.43. The third-order valence-corrected chi connectivity index (χ3v) is 6.71. The number of nitrogens with one attached hydrogen (secondary N) is 1. The first-order valence-electron chi connectivity index (χ1n) is 12.0. The normalized spacial score (nSPS) is 23.2. The van der Waals surface area contributed by atoms with Gasteiger partial charge in [0.05, 0.1) is 42.1 Å². The molecule has 0 radical (unpaired) electrons. The van der Waals surface area contributed by atoms with Gasteiger partial charge in [-0.2, -0.15) is 13.2 Å². The standard InChI is InChI=1S/C25H33F3N2O6/c1-5-24(4,35-15-13-30-18(31)8-9-19(30)32)11-14-34-23(2,3)10-12-29-22(33)20-16-6-7-17(36-16)21(20)25(26,27)28/h6-9,16-17H,5,10-15H2,1-4H3,(H,29,33). The molecular weight excluding hydrogens is 481 g/mol. The van der Waals surface area contributed by atoms with Gasteiger partial charge in [0.25, 0.3) is 17.7 Å². The van der Waals surface area contributed by atoms with Crippen molar-refractivity contribution in [2.24, 2.45) is 0 Å². The van der Waals surface area contributed by atoms with Crippen molar-refractivity contribution in [1.82, 2.24) is 10.2 Å². The molecule has 2 bridgehead atoms. The van der Waals surface area contributed by atoms with Crippen molar-refractivity contribution in [2.45, 2.75) is 76.5 Å². The topological polar surface area (TPSA) is 94.2 Å². The summed E-state index contributed by atoms with van der Waals surface area (Å²) in [6.07, 6.45) is 0.0282. The maximum Gasteiger partial charge on any atom is 0.416 e. The molecule has 1 N–H and O–H groups in total. The van der Waals surface area contributed by atoms with Gasteiger partial charge >= 0.3 is 6.18 Å². The van der Waals surface area contributed by atoms with Gasteiger partial charge in [0.15, 0.2) is 0 Å². The van der Waals surface area contributed by atoms with Crippen LogP contribution < -0.4 is 5.32 Å². The van der Waals surface area contributed by atoms with Gasteiger partial charge in [0.2, 0.25) is 0 Å². The van der Waals surface area contributed by atoms with Crippen LogP contribution in [0.25, 0.3) is 0 Å². The molecule has 3 aliphatic heterocycles. The van der Waals surface area contributed by atoms with Crippen LogP contribution in [0.15, 0.2) is 35.5 Å². The fourth-order valence-electron chi connectivity index (χ4n) is 4.22. The third-order valence-electron chi connectivity index (χ3n) is 6.71. The van der Waals surface area contributed by atoms with Crippen LogP contribution in [0.3, 0.4) is 0 Å². The summed E-state index contributed by atoms with van der Waals surface area (Å²) in [4.78, 5) is 36.9. The second-order valence-electron chi connectivity index (χ2n) is 9.86. The monoisotopic (exact) mass is 514 g/mol. The van der Waals surface area contributed by atoms with E-state index in [0.29, 0.717) is 25.9 Å². The molecule has 0 aromatic heterocycles. The van der Waals surface area contributed by atoms with E-state index < -0.39 is 41.1 Å². The molecule has 11 heteroatoms. The van der Waals surface area contributed by atoms with Gasteiger partial charge in [0.1, 0.15) is 12.2 Å². The number of hydrogen-bond donors (Lipinski definition) is 1. The number of rotatable bonds is 13. The number of hydrogen-bond acceptors (Lipinski definition) is 6. The SMILES string of the molecule is CCC(C)(CCOC(C)(C)CCNC(=O)C1=C(C(F)(F)F)C2C=CC1O2)OCCN1C(=O)C=CC1=O. The number of carbonyl (C=O) groups is 3. The molecule has 0 aliphatic carbocycles. The molecular formula is C25H33F3N2O6. The average Bonchev–Trinajstić information content (AvgIpc) is 3.49. The minimum absolute atomic E-state index is 0.134. The van der Waals surface area contributed by atoms with E-state index in [2.05, 4.69) is 5.32 Å². The molecule has 3 unspecified atom stereocenters. The smallest absolute Gasteiger partial charge is 0.375 e. The number of ether oxygens (including phenoxy) is 3. The number of nitrogens with zero attached hydrogens (tertiary/aromatic N) is 1. The van der Waals surface area contributed by atoms with Gasteiger partial charge in [0, 0.05) is 18.7 Å². The molecule has 3 atom stereocenters. The zero-order valence-electron chi connectivity index (χ0n) is 20.9. The molecule has 0 saturated heterocycles. The lowest BCUT2D eigenvalue weighted by molar-refractivity contribution is -0.140. The maximum absolute atomic E-state index is 13.4. The highest BCUT2D eigenvalue weighted by Gasteiger charge is 2.51. The van der Waals surface area contributed by atoms with Crippen LogP contribution in [0.4, 0.5) is 13.2 Å². The van der Waals surface area contributed by atoms with Gasteiger partial charge in [-0.3, -0.25) is 19.3 Å². The Labute approximate surface area is 208 Å². The molecule has 36 heavy (non-hydrogen) atoms. The van der Waals surface area contributed by atoms with Crippen molar-refractivity contribution >= 4 is 17.7 Å². The van der Waals surface area contributed by atoms with E-state index in [0.717, 1.165) is 4.90 Å². The van der Waals surface area contributed by atoms with Crippen LogP contribution in [-0.2, 0) is 28.6 Å². The van der Waals surface area contributed by atoms with Crippen LogP contribution in [0.2, 0.25) is 0 Å². The summed E-state index contributed by atoms with van der Waals surface area (Å²) in [5, 5.41) is 2.57. The summed E-state index contributed by atoms with van der Waals surface area (Å²) in [5.74, 6) is -1.49. The summed E-state index contributed by atoms with van der Waals surface area (Å²) in [6, 6.07) is 0. The molecule has 3 heterocycles. The van der Waals surface area contributed by atoms with E-state index in [-0.39, 0.29) is 37.1 Å². The third kappa shape index (κ3) is 6.63. The quantitative estimate of drug-likeness (QED) is 0.300. The van der Waals surface area contributed by atoms with Gasteiger partial charge < -0.3 is 19.5 Å². The molecule has 3 aliphatic rings. The summed E-state index contributed by atoms with van der Waals surface area (Å²) in [6.45, 7) is 8.42. The molecule has 0 spiro atoms. The van der Waals surface area contributed by atoms with Crippen molar-refractivity contribution in [2.75, 3.05) is 26.3 Å². The zero-order valence-corrected chi connectivity index (χ0v) is 20.9. The summed E-state index contributed by atoms with van der Waals surface area (Å²) in [5.41, 5.74) is -2.48. The molecule has 3 rings (SSSR count). The molecule has 200 valence electrons. The number of halogens is 3. The van der Waals surface area contributed by atoms with E-state index in [1.165, 1.54) is 24.3 Å². The molecule has 8 nitrogen and oxygen atoms in total. The molecule has 0 fully saturated rings. The number of imide groups is 1. The minimum atomic E-state index is -4.64. The molecule has 0 aromatic carbocycles. The largest absolute Gasteiger partial charge is 0.416 e. The van der Waals surface area contributed by atoms with Gasteiger partial charge in [-0.25, -0.2) is 0 Å². The Balaban J connectivity index is 1.41. The number of fused-ring (bicyclic) bond motifs is 2. The predicted molar refractivity (Wildman–Crippen MR) is 124 cm³/mol. The zero-order chi connectivity index (χ0) is 26.7. The van der Waals surface area contributed by atoms with E-state index >= 15 is 0 Å². The van der Waals surface area contributed by atoms with E-state index in [9.17, 15) is 27.6 Å². The maximum atomic E-state index is 13.4. The molecule has 0 saturated carbocycles. The summed E-state index contributed by atoms with van der Waals surface area (Å²) in [7, 11) is 0. The number of alkyl halides is 3. The van der Waals surface area contributed by atoms with Gasteiger partial charge in [-0.1, -0.05) is 19.1 Å². The van der Waals surface area contributed by atoms with Crippen LogP contribution in [0, 0.1) is 0 Å². The van der Waals surface area contributed by atoms with E-state index in [1.54, 1.807) is 0 Å². The highest BCUT2D eigenvalue weighted by molar-refractivity contribution is 6.12. The fourth-order valence-corrected chi connectivity index (χ4v) is 4.22. The Kier molecular flexibility index (Phi) is 8.47.